The molecule has 0 aliphatic carbocycles. The van der Waals surface area contributed by atoms with E-state index in [1.165, 1.54) is 0 Å². The first-order chi connectivity index (χ1) is 9.79. The number of carbonyl (C=O) groups is 1. The standard InChI is InChI=1S/C16H23NO3/c1-2-10-20-16(18)13-5-7-15(8-6-13)17-14-4-3-11-19-12-9-14/h5-8,14,17H,2-4,9-12H2,1H3. The van der Waals surface area contributed by atoms with E-state index in [1.807, 2.05) is 31.2 Å². The Bertz CT molecular complexity index is 408. The lowest BCUT2D eigenvalue weighted by molar-refractivity contribution is 0.0505. The molecule has 0 spiro atoms. The van der Waals surface area contributed by atoms with E-state index in [2.05, 4.69) is 5.32 Å². The van der Waals surface area contributed by atoms with Crippen molar-refractivity contribution in [3.8, 4) is 0 Å². The van der Waals surface area contributed by atoms with Crippen molar-refractivity contribution in [1.82, 2.24) is 0 Å². The second-order valence-electron chi connectivity index (χ2n) is 5.10. The molecule has 0 aromatic heterocycles. The smallest absolute Gasteiger partial charge is 0.338 e. The predicted octanol–water partition coefficient (Wildman–Crippen LogP) is 3.23. The minimum absolute atomic E-state index is 0.249. The van der Waals surface area contributed by atoms with Crippen molar-refractivity contribution in [2.45, 2.75) is 38.6 Å². The molecule has 1 N–H and O–H groups in total. The lowest BCUT2D eigenvalue weighted by atomic mass is 10.1. The molecule has 110 valence electrons. The molecule has 1 saturated heterocycles. The van der Waals surface area contributed by atoms with Gasteiger partial charge < -0.3 is 14.8 Å². The van der Waals surface area contributed by atoms with Gasteiger partial charge in [0.05, 0.1) is 12.2 Å². The Morgan fingerprint density at radius 2 is 2.10 bits per heavy atom. The van der Waals surface area contributed by atoms with Crippen molar-refractivity contribution in [2.24, 2.45) is 0 Å². The Hall–Kier alpha value is -1.55. The third-order valence-corrected chi connectivity index (χ3v) is 3.38. The fraction of sp³-hybridized carbons (Fsp3) is 0.562. The van der Waals surface area contributed by atoms with Crippen LogP contribution in [0, 0.1) is 0 Å². The predicted molar refractivity (Wildman–Crippen MR) is 79.1 cm³/mol. The number of carbonyl (C=O) groups excluding carboxylic acids is 1. The second kappa shape index (κ2) is 7.90. The van der Waals surface area contributed by atoms with Gasteiger partial charge in [0.1, 0.15) is 0 Å². The first kappa shape index (κ1) is 14.9. The molecule has 2 rings (SSSR count). The number of benzene rings is 1. The molecular formula is C16H23NO3. The SMILES string of the molecule is CCCOC(=O)c1ccc(NC2CCCOCC2)cc1. The summed E-state index contributed by atoms with van der Waals surface area (Å²) in [6, 6.07) is 7.96. The van der Waals surface area contributed by atoms with E-state index in [9.17, 15) is 4.79 Å². The average Bonchev–Trinajstić information content (AvgIpc) is 2.74. The quantitative estimate of drug-likeness (QED) is 0.839. The Labute approximate surface area is 120 Å². The summed E-state index contributed by atoms with van der Waals surface area (Å²) in [7, 11) is 0. The first-order valence-corrected chi connectivity index (χ1v) is 7.41. The molecule has 1 atom stereocenters. The highest BCUT2D eigenvalue weighted by Gasteiger charge is 2.12. The number of nitrogens with one attached hydrogen (secondary N) is 1. The molecular weight excluding hydrogens is 254 g/mol. The number of ether oxygens (including phenoxy) is 2. The molecule has 1 unspecified atom stereocenters. The Morgan fingerprint density at radius 1 is 1.30 bits per heavy atom. The van der Waals surface area contributed by atoms with Crippen LogP contribution in [0.5, 0.6) is 0 Å². The van der Waals surface area contributed by atoms with E-state index in [-0.39, 0.29) is 5.97 Å². The number of esters is 1. The molecule has 4 nitrogen and oxygen atoms in total. The number of hydrogen-bond donors (Lipinski definition) is 1. The summed E-state index contributed by atoms with van der Waals surface area (Å²) >= 11 is 0. The van der Waals surface area contributed by atoms with Gasteiger partial charge in [0, 0.05) is 24.9 Å². The van der Waals surface area contributed by atoms with Crippen LogP contribution in [0.15, 0.2) is 24.3 Å². The zero-order valence-electron chi connectivity index (χ0n) is 12.1. The molecule has 4 heteroatoms. The maximum absolute atomic E-state index is 11.7. The summed E-state index contributed by atoms with van der Waals surface area (Å²) in [4.78, 5) is 11.7. The van der Waals surface area contributed by atoms with Gasteiger partial charge in [0.15, 0.2) is 0 Å². The minimum atomic E-state index is -0.249. The van der Waals surface area contributed by atoms with Gasteiger partial charge in [-0.3, -0.25) is 0 Å². The van der Waals surface area contributed by atoms with E-state index in [0.29, 0.717) is 18.2 Å². The molecule has 0 radical (unpaired) electrons. The summed E-state index contributed by atoms with van der Waals surface area (Å²) in [6.07, 6.45) is 4.09. The molecule has 1 fully saturated rings. The van der Waals surface area contributed by atoms with Crippen molar-refractivity contribution in [3.05, 3.63) is 29.8 Å². The molecule has 1 aromatic rings. The number of rotatable bonds is 5. The second-order valence-corrected chi connectivity index (χ2v) is 5.10. The summed E-state index contributed by atoms with van der Waals surface area (Å²) < 4.78 is 10.6. The molecule has 20 heavy (non-hydrogen) atoms. The van der Waals surface area contributed by atoms with E-state index in [4.69, 9.17) is 9.47 Å². The van der Waals surface area contributed by atoms with E-state index in [0.717, 1.165) is 44.6 Å². The van der Waals surface area contributed by atoms with Crippen LogP contribution in [0.25, 0.3) is 0 Å². The number of anilines is 1. The fourth-order valence-electron chi connectivity index (χ4n) is 2.26. The third kappa shape index (κ3) is 4.53. The highest BCUT2D eigenvalue weighted by molar-refractivity contribution is 5.89. The fourth-order valence-corrected chi connectivity index (χ4v) is 2.26. The van der Waals surface area contributed by atoms with Gasteiger partial charge in [0.2, 0.25) is 0 Å². The van der Waals surface area contributed by atoms with Crippen molar-refractivity contribution in [3.63, 3.8) is 0 Å². The van der Waals surface area contributed by atoms with Gasteiger partial charge >= 0.3 is 5.97 Å². The Balaban J connectivity index is 1.88. The van der Waals surface area contributed by atoms with Crippen molar-refractivity contribution in [2.75, 3.05) is 25.1 Å². The zero-order valence-corrected chi connectivity index (χ0v) is 12.1. The van der Waals surface area contributed by atoms with Crippen LogP contribution in [0.2, 0.25) is 0 Å². The summed E-state index contributed by atoms with van der Waals surface area (Å²) in [5.74, 6) is -0.249. The lowest BCUT2D eigenvalue weighted by Crippen LogP contribution is -2.19. The molecule has 1 aliphatic heterocycles. The van der Waals surface area contributed by atoms with Gasteiger partial charge in [-0.1, -0.05) is 6.92 Å². The van der Waals surface area contributed by atoms with Crippen LogP contribution in [0.3, 0.4) is 0 Å². The zero-order chi connectivity index (χ0) is 14.2. The monoisotopic (exact) mass is 277 g/mol. The van der Waals surface area contributed by atoms with E-state index < -0.39 is 0 Å². The van der Waals surface area contributed by atoms with Gasteiger partial charge in [-0.2, -0.15) is 0 Å². The molecule has 1 aliphatic rings. The van der Waals surface area contributed by atoms with Gasteiger partial charge in [-0.15, -0.1) is 0 Å². The van der Waals surface area contributed by atoms with Crippen LogP contribution < -0.4 is 5.32 Å². The van der Waals surface area contributed by atoms with Crippen LogP contribution in [-0.2, 0) is 9.47 Å². The highest BCUT2D eigenvalue weighted by Crippen LogP contribution is 2.16. The Kier molecular flexibility index (Phi) is 5.87. The topological polar surface area (TPSA) is 47.6 Å². The summed E-state index contributed by atoms with van der Waals surface area (Å²) in [5, 5.41) is 3.50. The van der Waals surface area contributed by atoms with Crippen LogP contribution in [0.1, 0.15) is 43.0 Å². The maximum Gasteiger partial charge on any atom is 0.338 e. The van der Waals surface area contributed by atoms with Gasteiger partial charge in [-0.25, -0.2) is 4.79 Å². The first-order valence-electron chi connectivity index (χ1n) is 7.41. The third-order valence-electron chi connectivity index (χ3n) is 3.38. The summed E-state index contributed by atoms with van der Waals surface area (Å²) in [5.41, 5.74) is 1.65. The van der Waals surface area contributed by atoms with Crippen LogP contribution >= 0.6 is 0 Å². The van der Waals surface area contributed by atoms with Crippen molar-refractivity contribution in [1.29, 1.82) is 0 Å². The van der Waals surface area contributed by atoms with Gasteiger partial charge in [-0.05, 0) is 49.9 Å². The van der Waals surface area contributed by atoms with Crippen LogP contribution in [-0.4, -0.2) is 31.8 Å². The Morgan fingerprint density at radius 3 is 2.85 bits per heavy atom. The molecule has 0 amide bonds. The maximum atomic E-state index is 11.7. The lowest BCUT2D eigenvalue weighted by Gasteiger charge is -2.17. The molecule has 1 heterocycles. The van der Waals surface area contributed by atoms with Crippen molar-refractivity contribution < 1.29 is 14.3 Å². The normalized spacial score (nSPS) is 19.1. The highest BCUT2D eigenvalue weighted by atomic mass is 16.5. The van der Waals surface area contributed by atoms with E-state index in [1.54, 1.807) is 0 Å². The molecule has 1 aromatic carbocycles. The van der Waals surface area contributed by atoms with Gasteiger partial charge in [0.25, 0.3) is 0 Å². The van der Waals surface area contributed by atoms with Crippen LogP contribution in [0.4, 0.5) is 5.69 Å². The molecule has 0 bridgehead atoms. The van der Waals surface area contributed by atoms with E-state index >= 15 is 0 Å². The minimum Gasteiger partial charge on any atom is -0.462 e. The number of hydrogen-bond acceptors (Lipinski definition) is 4. The molecule has 0 saturated carbocycles. The van der Waals surface area contributed by atoms with Crippen molar-refractivity contribution >= 4 is 11.7 Å². The summed E-state index contributed by atoms with van der Waals surface area (Å²) in [6.45, 7) is 4.14. The largest absolute Gasteiger partial charge is 0.462 e. The average molecular weight is 277 g/mol.